The number of ketones is 1. The molecule has 86 valence electrons. The van der Waals surface area contributed by atoms with Crippen LogP contribution < -0.4 is 5.63 Å². The van der Waals surface area contributed by atoms with Crippen molar-refractivity contribution in [2.45, 2.75) is 6.10 Å². The van der Waals surface area contributed by atoms with Gasteiger partial charge in [0.1, 0.15) is 0 Å². The van der Waals surface area contributed by atoms with Crippen molar-refractivity contribution < 1.29 is 23.8 Å². The first-order chi connectivity index (χ1) is 8.22. The summed E-state index contributed by atoms with van der Waals surface area (Å²) in [6.45, 7) is 0. The lowest BCUT2D eigenvalue weighted by molar-refractivity contribution is -0.271. The maximum absolute atomic E-state index is 11.9. The van der Waals surface area contributed by atoms with Gasteiger partial charge in [0.25, 0.3) is 5.78 Å². The average molecular weight is 234 g/mol. The second-order valence-corrected chi connectivity index (χ2v) is 3.56. The molecule has 0 saturated heterocycles. The third-order valence-electron chi connectivity index (χ3n) is 2.64. The van der Waals surface area contributed by atoms with Gasteiger partial charge in [-0.25, -0.2) is 9.68 Å². The molecule has 0 fully saturated rings. The topological polar surface area (TPSA) is 89.9 Å². The summed E-state index contributed by atoms with van der Waals surface area (Å²) in [5.41, 5.74) is 0.0497. The van der Waals surface area contributed by atoms with Crippen LogP contribution in [-0.4, -0.2) is 11.0 Å². The summed E-state index contributed by atoms with van der Waals surface area (Å²) in [7, 11) is 0. The van der Waals surface area contributed by atoms with Gasteiger partial charge < -0.3 is 8.83 Å². The summed E-state index contributed by atoms with van der Waals surface area (Å²) in [6.07, 6.45) is 0.416. The number of fused-ring (bicyclic) bond motifs is 2. The summed E-state index contributed by atoms with van der Waals surface area (Å²) in [5, 5.41) is 8.89. The SMILES string of the molecule is O=C1c2occc2C(OO)c2ccc(=O)oc21. The Kier molecular flexibility index (Phi) is 2.01. The van der Waals surface area contributed by atoms with E-state index in [1.54, 1.807) is 0 Å². The monoisotopic (exact) mass is 234 g/mol. The molecule has 17 heavy (non-hydrogen) atoms. The van der Waals surface area contributed by atoms with E-state index in [2.05, 4.69) is 4.89 Å². The van der Waals surface area contributed by atoms with Crippen molar-refractivity contribution in [3.05, 3.63) is 57.5 Å². The van der Waals surface area contributed by atoms with Gasteiger partial charge in [-0.05, 0) is 12.1 Å². The Labute approximate surface area is 94.0 Å². The molecule has 2 aromatic rings. The molecule has 1 aliphatic carbocycles. The smallest absolute Gasteiger partial charge is 0.336 e. The predicted octanol–water partition coefficient (Wildman–Crippen LogP) is 1.36. The van der Waals surface area contributed by atoms with Gasteiger partial charge in [-0.1, -0.05) is 0 Å². The predicted molar refractivity (Wildman–Crippen MR) is 52.7 cm³/mol. The third kappa shape index (κ3) is 1.28. The Balaban J connectivity index is 2.31. The zero-order chi connectivity index (χ0) is 12.0. The minimum Gasteiger partial charge on any atom is -0.460 e. The summed E-state index contributed by atoms with van der Waals surface area (Å²) in [6, 6.07) is 4.06. The highest BCUT2D eigenvalue weighted by atomic mass is 17.1. The molecule has 0 aromatic carbocycles. The van der Waals surface area contributed by atoms with Crippen molar-refractivity contribution in [1.29, 1.82) is 0 Å². The van der Waals surface area contributed by atoms with Gasteiger partial charge in [-0.2, -0.15) is 0 Å². The molecule has 0 bridgehead atoms. The van der Waals surface area contributed by atoms with Crippen LogP contribution in [0, 0.1) is 0 Å². The van der Waals surface area contributed by atoms with Crippen molar-refractivity contribution in [2.75, 3.05) is 0 Å². The van der Waals surface area contributed by atoms with Crippen LogP contribution in [0.15, 0.2) is 38.1 Å². The van der Waals surface area contributed by atoms with Gasteiger partial charge in [-0.15, -0.1) is 0 Å². The second-order valence-electron chi connectivity index (χ2n) is 3.56. The van der Waals surface area contributed by atoms with E-state index in [-0.39, 0.29) is 11.5 Å². The molecule has 3 rings (SSSR count). The maximum atomic E-state index is 11.9. The van der Waals surface area contributed by atoms with Crippen LogP contribution in [-0.2, 0) is 4.89 Å². The molecule has 6 heteroatoms. The number of hydrogen-bond donors (Lipinski definition) is 1. The Hall–Kier alpha value is -2.18. The molecule has 6 nitrogen and oxygen atoms in total. The van der Waals surface area contributed by atoms with E-state index in [1.165, 1.54) is 18.4 Å². The third-order valence-corrected chi connectivity index (χ3v) is 2.64. The molecule has 0 aliphatic heterocycles. The first kappa shape index (κ1) is 10.0. The Morgan fingerprint density at radius 2 is 1.88 bits per heavy atom. The van der Waals surface area contributed by atoms with Gasteiger partial charge in [0, 0.05) is 17.2 Å². The lowest BCUT2D eigenvalue weighted by atomic mass is 9.92. The molecule has 2 aromatic heterocycles. The maximum Gasteiger partial charge on any atom is 0.336 e. The zero-order valence-corrected chi connectivity index (χ0v) is 8.38. The molecule has 1 unspecified atom stereocenters. The van der Waals surface area contributed by atoms with Crippen molar-refractivity contribution in [2.24, 2.45) is 0 Å². The summed E-state index contributed by atoms with van der Waals surface area (Å²) in [5.74, 6) is -0.698. The van der Waals surface area contributed by atoms with Crippen LogP contribution in [0.2, 0.25) is 0 Å². The lowest BCUT2D eigenvalue weighted by Crippen LogP contribution is -2.21. The van der Waals surface area contributed by atoms with Gasteiger partial charge >= 0.3 is 5.63 Å². The molecule has 1 aliphatic rings. The van der Waals surface area contributed by atoms with Crippen LogP contribution in [0.1, 0.15) is 33.5 Å². The van der Waals surface area contributed by atoms with E-state index < -0.39 is 17.5 Å². The molecule has 0 radical (unpaired) electrons. The highest BCUT2D eigenvalue weighted by molar-refractivity contribution is 6.08. The minimum atomic E-state index is -0.888. The van der Waals surface area contributed by atoms with Gasteiger partial charge in [0.15, 0.2) is 17.6 Å². The van der Waals surface area contributed by atoms with E-state index in [9.17, 15) is 9.59 Å². The number of carbonyl (C=O) groups excluding carboxylic acids is 1. The average Bonchev–Trinajstić information content (AvgIpc) is 2.80. The fourth-order valence-corrected chi connectivity index (χ4v) is 1.91. The highest BCUT2D eigenvalue weighted by Crippen LogP contribution is 2.36. The number of furan rings is 1. The number of hydrogen-bond acceptors (Lipinski definition) is 6. The summed E-state index contributed by atoms with van der Waals surface area (Å²) >= 11 is 0. The van der Waals surface area contributed by atoms with E-state index in [0.717, 1.165) is 6.07 Å². The summed E-state index contributed by atoms with van der Waals surface area (Å²) in [4.78, 5) is 27.3. The molecule has 0 spiro atoms. The van der Waals surface area contributed by atoms with Crippen LogP contribution in [0.4, 0.5) is 0 Å². The van der Waals surface area contributed by atoms with Crippen molar-refractivity contribution >= 4 is 5.78 Å². The van der Waals surface area contributed by atoms with Crippen LogP contribution in [0.3, 0.4) is 0 Å². The van der Waals surface area contributed by atoms with E-state index in [0.29, 0.717) is 11.1 Å². The quantitative estimate of drug-likeness (QED) is 0.591. The molecule has 1 N–H and O–H groups in total. The van der Waals surface area contributed by atoms with Crippen molar-refractivity contribution in [3.8, 4) is 0 Å². The Morgan fingerprint density at radius 3 is 2.65 bits per heavy atom. The Bertz CT molecular complexity index is 650. The van der Waals surface area contributed by atoms with E-state index >= 15 is 0 Å². The molecule has 1 atom stereocenters. The number of carbonyl (C=O) groups is 1. The van der Waals surface area contributed by atoms with Crippen molar-refractivity contribution in [3.63, 3.8) is 0 Å². The molecular formula is C11H6O6. The lowest BCUT2D eigenvalue weighted by Gasteiger charge is -2.19. The van der Waals surface area contributed by atoms with E-state index in [1.807, 2.05) is 0 Å². The first-order valence-corrected chi connectivity index (χ1v) is 4.78. The van der Waals surface area contributed by atoms with Crippen LogP contribution in [0.5, 0.6) is 0 Å². The van der Waals surface area contributed by atoms with Crippen molar-refractivity contribution in [1.82, 2.24) is 0 Å². The first-order valence-electron chi connectivity index (χ1n) is 4.78. The molecule has 0 saturated carbocycles. The van der Waals surface area contributed by atoms with E-state index in [4.69, 9.17) is 14.1 Å². The Morgan fingerprint density at radius 1 is 1.12 bits per heavy atom. The fraction of sp³-hybridized carbons (Fsp3) is 0.0909. The number of rotatable bonds is 1. The fourth-order valence-electron chi connectivity index (χ4n) is 1.91. The van der Waals surface area contributed by atoms with Gasteiger partial charge in [0.05, 0.1) is 6.26 Å². The minimum absolute atomic E-state index is 0.00546. The van der Waals surface area contributed by atoms with Gasteiger partial charge in [-0.3, -0.25) is 10.1 Å². The highest BCUT2D eigenvalue weighted by Gasteiger charge is 2.36. The second kappa shape index (κ2) is 3.41. The molecule has 0 amide bonds. The molecule has 2 heterocycles. The largest absolute Gasteiger partial charge is 0.460 e. The molecular weight excluding hydrogens is 228 g/mol. The standard InChI is InChI=1S/C11H6O6/c12-7-2-1-5-9(17-14)6-3-4-15-10(6)8(13)11(5)16-7/h1-4,9,14H. The van der Waals surface area contributed by atoms with Gasteiger partial charge in [0.2, 0.25) is 0 Å². The van der Waals surface area contributed by atoms with Crippen LogP contribution in [0.25, 0.3) is 0 Å². The zero-order valence-electron chi connectivity index (χ0n) is 8.38. The normalized spacial score (nSPS) is 17.7. The van der Waals surface area contributed by atoms with Crippen LogP contribution >= 0.6 is 0 Å². The summed E-state index contributed by atoms with van der Waals surface area (Å²) < 4.78 is 9.81.